The van der Waals surface area contributed by atoms with E-state index >= 15 is 0 Å². The van der Waals surface area contributed by atoms with Crippen molar-refractivity contribution in [3.8, 4) is 0 Å². The molecule has 1 aromatic heterocycles. The summed E-state index contributed by atoms with van der Waals surface area (Å²) in [5.41, 5.74) is 0.955. The average molecular weight is 596 g/mol. The molecule has 4 rings (SSSR count). The zero-order chi connectivity index (χ0) is 30.0. The number of alkyl halides is 3. The second kappa shape index (κ2) is 14.4. The Bertz CT molecular complexity index is 1380. The third-order valence-electron chi connectivity index (χ3n) is 7.02. The zero-order valence-electron chi connectivity index (χ0n) is 23.1. The van der Waals surface area contributed by atoms with Crippen LogP contribution in [0.5, 0.6) is 0 Å². The molecule has 0 spiro atoms. The molecule has 224 valence electrons. The molecule has 0 unspecified atom stereocenters. The second-order valence-electron chi connectivity index (χ2n) is 9.80. The molecular formula is C28H36F3N5O4S. The molecule has 13 heteroatoms. The van der Waals surface area contributed by atoms with Gasteiger partial charge in [-0.3, -0.25) is 0 Å². The van der Waals surface area contributed by atoms with Gasteiger partial charge in [0.2, 0.25) is 16.0 Å². The van der Waals surface area contributed by atoms with Crippen LogP contribution in [0.1, 0.15) is 39.5 Å². The van der Waals surface area contributed by atoms with E-state index in [0.717, 1.165) is 62.0 Å². The van der Waals surface area contributed by atoms with Crippen LogP contribution in [0.4, 0.5) is 24.9 Å². The Balaban J connectivity index is 0.000000587. The SMILES string of the molecule is CCN(CC)c1nc(NCC2CCC(CNS(=O)(=O)c3ccccc3)CC2)nc2ccccc12.O=C(O)C(F)(F)F. The highest BCUT2D eigenvalue weighted by Gasteiger charge is 2.38. The van der Waals surface area contributed by atoms with E-state index in [1.807, 2.05) is 24.3 Å². The molecule has 1 aliphatic rings. The molecule has 3 N–H and O–H groups in total. The molecule has 9 nitrogen and oxygen atoms in total. The quantitative estimate of drug-likeness (QED) is 0.288. The number of carboxylic acids is 1. The molecule has 0 atom stereocenters. The third kappa shape index (κ3) is 9.28. The van der Waals surface area contributed by atoms with E-state index in [2.05, 4.69) is 34.9 Å². The minimum Gasteiger partial charge on any atom is -0.475 e. The molecule has 0 radical (unpaired) electrons. The number of aromatic nitrogens is 2. The number of nitrogens with zero attached hydrogens (tertiary/aromatic N) is 3. The van der Waals surface area contributed by atoms with Gasteiger partial charge in [0.1, 0.15) is 5.82 Å². The van der Waals surface area contributed by atoms with Crippen molar-refractivity contribution in [3.63, 3.8) is 0 Å². The molecule has 0 bridgehead atoms. The van der Waals surface area contributed by atoms with Gasteiger partial charge >= 0.3 is 12.1 Å². The van der Waals surface area contributed by atoms with E-state index in [1.54, 1.807) is 24.3 Å². The summed E-state index contributed by atoms with van der Waals surface area (Å²) >= 11 is 0. The summed E-state index contributed by atoms with van der Waals surface area (Å²) in [4.78, 5) is 21.1. The predicted octanol–water partition coefficient (Wildman–Crippen LogP) is 5.31. The number of para-hydroxylation sites is 1. The van der Waals surface area contributed by atoms with Crippen molar-refractivity contribution in [3.05, 3.63) is 54.6 Å². The van der Waals surface area contributed by atoms with E-state index in [0.29, 0.717) is 29.2 Å². The van der Waals surface area contributed by atoms with E-state index in [9.17, 15) is 21.6 Å². The van der Waals surface area contributed by atoms with Gasteiger partial charge in [0, 0.05) is 31.6 Å². The number of halogens is 3. The van der Waals surface area contributed by atoms with Gasteiger partial charge in [-0.15, -0.1) is 0 Å². The molecule has 1 aliphatic carbocycles. The highest BCUT2D eigenvalue weighted by atomic mass is 32.2. The number of carboxylic acid groups (broad SMARTS) is 1. The summed E-state index contributed by atoms with van der Waals surface area (Å²) in [6.45, 7) is 7.42. The first-order valence-electron chi connectivity index (χ1n) is 13.5. The van der Waals surface area contributed by atoms with Crippen LogP contribution in [0.3, 0.4) is 0 Å². The molecule has 3 aromatic rings. The van der Waals surface area contributed by atoms with Crippen LogP contribution in [0.15, 0.2) is 59.5 Å². The van der Waals surface area contributed by atoms with E-state index in [4.69, 9.17) is 19.9 Å². The van der Waals surface area contributed by atoms with Gasteiger partial charge in [-0.1, -0.05) is 30.3 Å². The van der Waals surface area contributed by atoms with Crippen LogP contribution in [0.2, 0.25) is 0 Å². The number of nitrogens with one attached hydrogen (secondary N) is 2. The number of sulfonamides is 1. The molecule has 0 aliphatic heterocycles. The summed E-state index contributed by atoms with van der Waals surface area (Å²) < 4.78 is 59.5. The molecule has 1 fully saturated rings. The maximum atomic E-state index is 12.5. The van der Waals surface area contributed by atoms with E-state index < -0.39 is 22.2 Å². The number of benzene rings is 2. The molecule has 1 heterocycles. The van der Waals surface area contributed by atoms with Crippen molar-refractivity contribution in [2.75, 3.05) is 36.4 Å². The van der Waals surface area contributed by atoms with Gasteiger partial charge in [-0.2, -0.15) is 18.2 Å². The molecule has 0 amide bonds. The van der Waals surface area contributed by atoms with Crippen LogP contribution in [-0.2, 0) is 14.8 Å². The third-order valence-corrected chi connectivity index (χ3v) is 8.46. The van der Waals surface area contributed by atoms with Crippen LogP contribution in [-0.4, -0.2) is 61.8 Å². The largest absolute Gasteiger partial charge is 0.490 e. The fraction of sp³-hybridized carbons (Fsp3) is 0.464. The summed E-state index contributed by atoms with van der Waals surface area (Å²) in [5, 5.41) is 11.7. The Morgan fingerprint density at radius 2 is 1.46 bits per heavy atom. The van der Waals surface area contributed by atoms with Crippen molar-refractivity contribution < 1.29 is 31.5 Å². The van der Waals surface area contributed by atoms with Crippen LogP contribution in [0, 0.1) is 11.8 Å². The molecule has 2 aromatic carbocycles. The lowest BCUT2D eigenvalue weighted by molar-refractivity contribution is -0.192. The Kier molecular flexibility index (Phi) is 11.3. The van der Waals surface area contributed by atoms with Gasteiger partial charge in [-0.05, 0) is 75.6 Å². The first-order chi connectivity index (χ1) is 19.4. The van der Waals surface area contributed by atoms with Crippen LogP contribution in [0.25, 0.3) is 10.9 Å². The molecule has 0 saturated heterocycles. The van der Waals surface area contributed by atoms with Crippen LogP contribution < -0.4 is 14.9 Å². The minimum absolute atomic E-state index is 0.326. The summed E-state index contributed by atoms with van der Waals surface area (Å²) in [6, 6.07) is 16.7. The summed E-state index contributed by atoms with van der Waals surface area (Å²) in [5.74, 6) is -0.187. The van der Waals surface area contributed by atoms with E-state index in [1.165, 1.54) is 0 Å². The zero-order valence-corrected chi connectivity index (χ0v) is 23.9. The Hall–Kier alpha value is -3.45. The van der Waals surface area contributed by atoms with Crippen LogP contribution >= 0.6 is 0 Å². The minimum atomic E-state index is -5.08. The topological polar surface area (TPSA) is 125 Å². The number of hydrogen-bond acceptors (Lipinski definition) is 7. The second-order valence-corrected chi connectivity index (χ2v) is 11.6. The van der Waals surface area contributed by atoms with E-state index in [-0.39, 0.29) is 0 Å². The smallest absolute Gasteiger partial charge is 0.475 e. The van der Waals surface area contributed by atoms with Crippen molar-refractivity contribution >= 4 is 38.7 Å². The summed E-state index contributed by atoms with van der Waals surface area (Å²) in [6.07, 6.45) is -0.901. The Labute approximate surface area is 238 Å². The molecule has 41 heavy (non-hydrogen) atoms. The van der Waals surface area contributed by atoms with Crippen molar-refractivity contribution in [2.24, 2.45) is 11.8 Å². The fourth-order valence-electron chi connectivity index (χ4n) is 4.69. The van der Waals surface area contributed by atoms with Gasteiger partial charge in [0.25, 0.3) is 0 Å². The first kappa shape index (κ1) is 32.1. The Morgan fingerprint density at radius 3 is 2.02 bits per heavy atom. The lowest BCUT2D eigenvalue weighted by Crippen LogP contribution is -2.32. The highest BCUT2D eigenvalue weighted by Crippen LogP contribution is 2.30. The lowest BCUT2D eigenvalue weighted by atomic mass is 9.82. The predicted molar refractivity (Wildman–Crippen MR) is 152 cm³/mol. The van der Waals surface area contributed by atoms with Gasteiger partial charge < -0.3 is 15.3 Å². The fourth-order valence-corrected chi connectivity index (χ4v) is 5.83. The lowest BCUT2D eigenvalue weighted by Gasteiger charge is -2.29. The van der Waals surface area contributed by atoms with Crippen molar-refractivity contribution in [1.29, 1.82) is 0 Å². The van der Waals surface area contributed by atoms with Gasteiger partial charge in [-0.25, -0.2) is 22.9 Å². The summed E-state index contributed by atoms with van der Waals surface area (Å²) in [7, 11) is -3.44. The molecule has 1 saturated carbocycles. The highest BCUT2D eigenvalue weighted by molar-refractivity contribution is 7.89. The average Bonchev–Trinajstić information content (AvgIpc) is 2.96. The standard InChI is InChI=1S/C26H35N5O2S.C2HF3O2/c1-3-31(4-2)25-23-12-8-9-13-24(23)29-26(30-25)27-18-20-14-16-21(17-15-20)19-28-34(32,33)22-10-6-5-7-11-22;3-2(4,5)1(6)7/h5-13,20-21,28H,3-4,14-19H2,1-2H3,(H,27,29,30);(H,6,7). The Morgan fingerprint density at radius 1 is 0.927 bits per heavy atom. The number of fused-ring (bicyclic) bond motifs is 1. The number of aliphatic carboxylic acids is 1. The molecular weight excluding hydrogens is 559 g/mol. The maximum Gasteiger partial charge on any atom is 0.490 e. The first-order valence-corrected chi connectivity index (χ1v) is 15.0. The van der Waals surface area contributed by atoms with Gasteiger partial charge in [0.05, 0.1) is 10.4 Å². The van der Waals surface area contributed by atoms with Crippen molar-refractivity contribution in [1.82, 2.24) is 14.7 Å². The maximum absolute atomic E-state index is 12.5. The number of hydrogen-bond donors (Lipinski definition) is 3. The monoisotopic (exact) mass is 595 g/mol. The van der Waals surface area contributed by atoms with Gasteiger partial charge in [0.15, 0.2) is 0 Å². The normalized spacial score (nSPS) is 17.4. The number of carbonyl (C=O) groups is 1. The van der Waals surface area contributed by atoms with Crippen molar-refractivity contribution in [2.45, 2.75) is 50.6 Å². The number of anilines is 2. The number of rotatable bonds is 10.